The molecule has 0 aliphatic rings. The zero-order chi connectivity index (χ0) is 27.3. The number of hydrogen-bond acceptors (Lipinski definition) is 8. The Morgan fingerprint density at radius 2 is 1.82 bits per heavy atom. The minimum atomic E-state index is -0.781. The minimum Gasteiger partial charge on any atom is -0.493 e. The summed E-state index contributed by atoms with van der Waals surface area (Å²) in [6.45, 7) is 3.62. The highest BCUT2D eigenvalue weighted by atomic mass is 16.5. The van der Waals surface area contributed by atoms with Crippen molar-refractivity contribution < 1.29 is 33.0 Å². The Labute approximate surface area is 221 Å². The number of unbranched alkanes of at least 4 members (excludes halogenated alkanes) is 2. The molecule has 0 atom stereocenters. The van der Waals surface area contributed by atoms with Crippen LogP contribution in [0.3, 0.4) is 0 Å². The van der Waals surface area contributed by atoms with Crippen LogP contribution in [0.25, 0.3) is 17.0 Å². The van der Waals surface area contributed by atoms with Crippen molar-refractivity contribution in [2.75, 3.05) is 34.0 Å². The van der Waals surface area contributed by atoms with E-state index in [1.165, 1.54) is 18.2 Å². The van der Waals surface area contributed by atoms with Crippen LogP contribution in [0.2, 0.25) is 0 Å². The number of nitrogens with one attached hydrogen (secondary N) is 1. The van der Waals surface area contributed by atoms with Crippen molar-refractivity contribution in [3.8, 4) is 17.2 Å². The third-order valence-electron chi connectivity index (χ3n) is 5.59. The third kappa shape index (κ3) is 8.21. The molecule has 202 valence electrons. The molecule has 1 heterocycles. The molecule has 0 saturated heterocycles. The van der Waals surface area contributed by atoms with Crippen LogP contribution in [0.15, 0.2) is 57.8 Å². The summed E-state index contributed by atoms with van der Waals surface area (Å²) in [6, 6.07) is 11.4. The number of methoxy groups -OCH3 is 2. The largest absolute Gasteiger partial charge is 0.493 e. The van der Waals surface area contributed by atoms with E-state index in [2.05, 4.69) is 12.2 Å². The first-order chi connectivity index (χ1) is 18.4. The molecule has 3 rings (SSSR count). The van der Waals surface area contributed by atoms with Crippen LogP contribution >= 0.6 is 0 Å². The minimum absolute atomic E-state index is 0.101. The summed E-state index contributed by atoms with van der Waals surface area (Å²) in [5.41, 5.74) is 0.0453. The lowest BCUT2D eigenvalue weighted by Crippen LogP contribution is -2.29. The number of fused-ring (bicyclic) bond motifs is 1. The maximum absolute atomic E-state index is 12.4. The lowest BCUT2D eigenvalue weighted by Gasteiger charge is -2.11. The second-order valence-electron chi connectivity index (χ2n) is 8.47. The Hall–Kier alpha value is -4.11. The van der Waals surface area contributed by atoms with Crippen LogP contribution in [0.1, 0.15) is 48.5 Å². The summed E-state index contributed by atoms with van der Waals surface area (Å²) in [5.74, 6) is 0.278. The van der Waals surface area contributed by atoms with Gasteiger partial charge in [-0.05, 0) is 54.8 Å². The molecule has 0 fully saturated rings. The SMILES string of the molecule is CCCCCOc1ccc(/C=C/C(=O)Oc2ccc3cc(C(=O)NCCCOC)c(=O)oc3c2)cc1OC. The van der Waals surface area contributed by atoms with Crippen LogP contribution in [0.4, 0.5) is 0 Å². The number of ether oxygens (including phenoxy) is 4. The van der Waals surface area contributed by atoms with E-state index in [4.69, 9.17) is 23.4 Å². The molecule has 1 N–H and O–H groups in total. The summed E-state index contributed by atoms with van der Waals surface area (Å²) in [5, 5.41) is 3.18. The highest BCUT2D eigenvalue weighted by Gasteiger charge is 2.14. The van der Waals surface area contributed by atoms with Gasteiger partial charge in [0, 0.05) is 37.8 Å². The molecule has 0 spiro atoms. The molecule has 0 saturated carbocycles. The molecule has 0 bridgehead atoms. The number of hydrogen-bond donors (Lipinski definition) is 1. The number of carbonyl (C=O) groups excluding carboxylic acids is 2. The number of carbonyl (C=O) groups is 2. The maximum atomic E-state index is 12.4. The van der Waals surface area contributed by atoms with Gasteiger partial charge in [-0.2, -0.15) is 0 Å². The molecular formula is C29H33NO8. The quantitative estimate of drug-likeness (QED) is 0.106. The lowest BCUT2D eigenvalue weighted by atomic mass is 10.1. The highest BCUT2D eigenvalue weighted by Crippen LogP contribution is 2.29. The van der Waals surface area contributed by atoms with E-state index in [1.807, 2.05) is 6.07 Å². The molecule has 2 aromatic carbocycles. The summed E-state index contributed by atoms with van der Waals surface area (Å²) < 4.78 is 26.8. The van der Waals surface area contributed by atoms with Crippen molar-refractivity contribution in [2.45, 2.75) is 32.6 Å². The van der Waals surface area contributed by atoms with Gasteiger partial charge in [0.1, 0.15) is 16.9 Å². The van der Waals surface area contributed by atoms with Crippen LogP contribution in [0, 0.1) is 0 Å². The predicted molar refractivity (Wildman–Crippen MR) is 144 cm³/mol. The third-order valence-corrected chi connectivity index (χ3v) is 5.59. The Bertz CT molecular complexity index is 1330. The number of amides is 1. The summed E-state index contributed by atoms with van der Waals surface area (Å²) >= 11 is 0. The van der Waals surface area contributed by atoms with Gasteiger partial charge < -0.3 is 28.7 Å². The zero-order valence-electron chi connectivity index (χ0n) is 21.9. The number of benzene rings is 2. The summed E-state index contributed by atoms with van der Waals surface area (Å²) in [4.78, 5) is 37.0. The van der Waals surface area contributed by atoms with Gasteiger partial charge in [-0.25, -0.2) is 9.59 Å². The van der Waals surface area contributed by atoms with Gasteiger partial charge >= 0.3 is 11.6 Å². The van der Waals surface area contributed by atoms with Crippen molar-refractivity contribution in [3.05, 3.63) is 70.1 Å². The second-order valence-corrected chi connectivity index (χ2v) is 8.47. The summed E-state index contributed by atoms with van der Waals surface area (Å²) in [6.07, 6.45) is 6.69. The predicted octanol–water partition coefficient (Wildman–Crippen LogP) is 4.76. The van der Waals surface area contributed by atoms with E-state index >= 15 is 0 Å². The molecular weight excluding hydrogens is 490 g/mol. The average Bonchev–Trinajstić information content (AvgIpc) is 2.92. The molecule has 9 heteroatoms. The van der Waals surface area contributed by atoms with E-state index in [9.17, 15) is 14.4 Å². The fourth-order valence-electron chi connectivity index (χ4n) is 3.58. The maximum Gasteiger partial charge on any atom is 0.349 e. The molecule has 1 aromatic heterocycles. The van der Waals surface area contributed by atoms with Gasteiger partial charge in [-0.1, -0.05) is 25.8 Å². The van der Waals surface area contributed by atoms with Crippen LogP contribution in [0.5, 0.6) is 17.2 Å². The molecule has 0 aliphatic carbocycles. The fourth-order valence-corrected chi connectivity index (χ4v) is 3.58. The monoisotopic (exact) mass is 523 g/mol. The van der Waals surface area contributed by atoms with E-state index < -0.39 is 17.5 Å². The lowest BCUT2D eigenvalue weighted by molar-refractivity contribution is -0.128. The van der Waals surface area contributed by atoms with Gasteiger partial charge in [-0.3, -0.25) is 4.79 Å². The van der Waals surface area contributed by atoms with Crippen molar-refractivity contribution in [1.29, 1.82) is 0 Å². The topological polar surface area (TPSA) is 113 Å². The van der Waals surface area contributed by atoms with Gasteiger partial charge in [0.05, 0.1) is 13.7 Å². The van der Waals surface area contributed by atoms with Gasteiger partial charge in [-0.15, -0.1) is 0 Å². The smallest absolute Gasteiger partial charge is 0.349 e. The molecule has 38 heavy (non-hydrogen) atoms. The normalized spacial score (nSPS) is 11.0. The van der Waals surface area contributed by atoms with Crippen LogP contribution in [-0.2, 0) is 9.53 Å². The van der Waals surface area contributed by atoms with E-state index in [-0.39, 0.29) is 16.9 Å². The first kappa shape index (κ1) is 28.5. The number of esters is 1. The summed E-state index contributed by atoms with van der Waals surface area (Å²) in [7, 11) is 3.13. The second kappa shape index (κ2) is 14.6. The van der Waals surface area contributed by atoms with Crippen molar-refractivity contribution in [1.82, 2.24) is 5.32 Å². The van der Waals surface area contributed by atoms with Gasteiger partial charge in [0.25, 0.3) is 5.91 Å². The van der Waals surface area contributed by atoms with Crippen LogP contribution < -0.4 is 25.2 Å². The molecule has 0 aliphatic heterocycles. The Balaban J connectivity index is 1.63. The zero-order valence-corrected chi connectivity index (χ0v) is 21.9. The molecule has 3 aromatic rings. The Morgan fingerprint density at radius 3 is 2.58 bits per heavy atom. The van der Waals surface area contributed by atoms with Gasteiger partial charge in [0.15, 0.2) is 11.5 Å². The molecule has 0 unspecified atom stereocenters. The van der Waals surface area contributed by atoms with E-state index in [1.54, 1.807) is 44.6 Å². The van der Waals surface area contributed by atoms with Crippen molar-refractivity contribution in [3.63, 3.8) is 0 Å². The number of rotatable bonds is 14. The Morgan fingerprint density at radius 1 is 0.974 bits per heavy atom. The van der Waals surface area contributed by atoms with E-state index in [0.29, 0.717) is 43.1 Å². The Kier molecular flexibility index (Phi) is 10.9. The highest BCUT2D eigenvalue weighted by molar-refractivity contribution is 5.97. The molecule has 9 nitrogen and oxygen atoms in total. The first-order valence-electron chi connectivity index (χ1n) is 12.5. The van der Waals surface area contributed by atoms with Crippen LogP contribution in [-0.4, -0.2) is 45.9 Å². The van der Waals surface area contributed by atoms with Crippen molar-refractivity contribution in [2.24, 2.45) is 0 Å². The standard InChI is InChI=1S/C29H33NO8/c1-4-5-6-16-36-24-12-8-20(17-26(24)35-3)9-13-27(31)37-22-11-10-21-18-23(29(33)38-25(21)19-22)28(32)30-14-7-15-34-2/h8-13,17-19H,4-7,14-16H2,1-3H3,(H,30,32)/b13-9+. The average molecular weight is 524 g/mol. The van der Waals surface area contributed by atoms with E-state index in [0.717, 1.165) is 24.8 Å². The van der Waals surface area contributed by atoms with Gasteiger partial charge in [0.2, 0.25) is 0 Å². The van der Waals surface area contributed by atoms with Crippen molar-refractivity contribution >= 4 is 28.9 Å². The fraction of sp³-hybridized carbons (Fsp3) is 0.345. The molecule has 0 radical (unpaired) electrons. The first-order valence-corrected chi connectivity index (χ1v) is 12.5. The molecule has 1 amide bonds.